The van der Waals surface area contributed by atoms with E-state index in [1.807, 2.05) is 23.6 Å². The number of hydrogen-bond acceptors (Lipinski definition) is 3. The minimum Gasteiger partial charge on any atom is -0.341 e. The first-order valence-corrected chi connectivity index (χ1v) is 7.84. The lowest BCUT2D eigenvalue weighted by atomic mass is 9.97. The maximum atomic E-state index is 12.2. The largest absolute Gasteiger partial charge is 0.341 e. The van der Waals surface area contributed by atoms with E-state index in [0.29, 0.717) is 18.4 Å². The van der Waals surface area contributed by atoms with Crippen molar-refractivity contribution in [2.24, 2.45) is 11.7 Å². The van der Waals surface area contributed by atoms with Crippen molar-refractivity contribution in [1.29, 1.82) is 0 Å². The molecule has 122 valence electrons. The first kappa shape index (κ1) is 18.2. The molecule has 2 aliphatic heterocycles. The highest BCUT2D eigenvalue weighted by Gasteiger charge is 2.32. The molecule has 1 atom stereocenters. The van der Waals surface area contributed by atoms with Crippen LogP contribution in [0.1, 0.15) is 46.0 Å². The van der Waals surface area contributed by atoms with Gasteiger partial charge in [-0.05, 0) is 31.6 Å². The Hall–Kier alpha value is -0.810. The maximum Gasteiger partial charge on any atom is 0.239 e. The Morgan fingerprint density at radius 2 is 1.81 bits per heavy atom. The number of carbonyl (C=O) groups excluding carboxylic acids is 2. The van der Waals surface area contributed by atoms with E-state index in [9.17, 15) is 9.59 Å². The number of rotatable bonds is 3. The van der Waals surface area contributed by atoms with E-state index >= 15 is 0 Å². The van der Waals surface area contributed by atoms with Crippen LogP contribution in [0, 0.1) is 5.92 Å². The Labute approximate surface area is 133 Å². The number of likely N-dealkylation sites (tertiary alicyclic amines) is 2. The molecular formula is C15H28ClN3O2. The van der Waals surface area contributed by atoms with Gasteiger partial charge in [0, 0.05) is 32.1 Å². The summed E-state index contributed by atoms with van der Waals surface area (Å²) >= 11 is 0. The van der Waals surface area contributed by atoms with Crippen molar-refractivity contribution in [1.82, 2.24) is 9.80 Å². The smallest absolute Gasteiger partial charge is 0.239 e. The van der Waals surface area contributed by atoms with E-state index in [2.05, 4.69) is 0 Å². The second-order valence-corrected chi connectivity index (χ2v) is 6.37. The summed E-state index contributed by atoms with van der Waals surface area (Å²) < 4.78 is 0. The molecule has 2 amide bonds. The molecule has 0 spiro atoms. The molecule has 2 N–H and O–H groups in total. The van der Waals surface area contributed by atoms with E-state index in [-0.39, 0.29) is 24.2 Å². The predicted molar refractivity (Wildman–Crippen MR) is 85.2 cm³/mol. The quantitative estimate of drug-likeness (QED) is 0.855. The van der Waals surface area contributed by atoms with Gasteiger partial charge in [-0.2, -0.15) is 0 Å². The summed E-state index contributed by atoms with van der Waals surface area (Å²) in [6.45, 7) is 6.30. The van der Waals surface area contributed by atoms with Gasteiger partial charge in [-0.3, -0.25) is 9.59 Å². The van der Waals surface area contributed by atoms with Gasteiger partial charge in [0.25, 0.3) is 0 Å². The second-order valence-electron chi connectivity index (χ2n) is 6.37. The monoisotopic (exact) mass is 317 g/mol. The molecule has 0 unspecified atom stereocenters. The molecule has 21 heavy (non-hydrogen) atoms. The zero-order valence-electron chi connectivity index (χ0n) is 13.1. The van der Waals surface area contributed by atoms with Crippen LogP contribution in [-0.2, 0) is 9.59 Å². The van der Waals surface area contributed by atoms with Crippen molar-refractivity contribution in [2.75, 3.05) is 19.6 Å². The number of piperidine rings is 2. The summed E-state index contributed by atoms with van der Waals surface area (Å²) in [6, 6.07) is -0.0784. The summed E-state index contributed by atoms with van der Waals surface area (Å²) in [5, 5.41) is 0. The summed E-state index contributed by atoms with van der Waals surface area (Å²) in [5.74, 6) is 0.521. The fraction of sp³-hybridized carbons (Fsp3) is 0.867. The first-order valence-electron chi connectivity index (χ1n) is 7.84. The number of halogens is 1. The van der Waals surface area contributed by atoms with E-state index in [1.165, 1.54) is 0 Å². The van der Waals surface area contributed by atoms with Crippen LogP contribution in [0.3, 0.4) is 0 Å². The van der Waals surface area contributed by atoms with Gasteiger partial charge in [0.1, 0.15) is 0 Å². The molecule has 5 nitrogen and oxygen atoms in total. The summed E-state index contributed by atoms with van der Waals surface area (Å²) in [6.07, 6.45) is 4.61. The van der Waals surface area contributed by atoms with Crippen molar-refractivity contribution in [3.05, 3.63) is 0 Å². The van der Waals surface area contributed by atoms with Gasteiger partial charge >= 0.3 is 0 Å². The third-order valence-electron chi connectivity index (χ3n) is 4.58. The molecule has 2 fully saturated rings. The zero-order chi connectivity index (χ0) is 14.7. The first-order chi connectivity index (χ1) is 9.50. The van der Waals surface area contributed by atoms with Crippen LogP contribution >= 0.6 is 12.4 Å². The van der Waals surface area contributed by atoms with Crippen LogP contribution < -0.4 is 5.73 Å². The highest BCUT2D eigenvalue weighted by Crippen LogP contribution is 2.22. The number of carbonyl (C=O) groups is 2. The lowest BCUT2D eigenvalue weighted by Gasteiger charge is -2.41. The Kier molecular flexibility index (Phi) is 6.94. The Morgan fingerprint density at radius 3 is 2.33 bits per heavy atom. The Bertz CT molecular complexity index is 368. The SMILES string of the molecule is CC(C)[C@H](N)C(=O)N1CCC(N2CCCCC2=O)CC1.Cl. The van der Waals surface area contributed by atoms with Gasteiger partial charge in [-0.15, -0.1) is 12.4 Å². The molecule has 0 radical (unpaired) electrons. The van der Waals surface area contributed by atoms with E-state index in [1.54, 1.807) is 0 Å². The third-order valence-corrected chi connectivity index (χ3v) is 4.58. The Balaban J connectivity index is 0.00000220. The summed E-state index contributed by atoms with van der Waals surface area (Å²) in [5.41, 5.74) is 5.93. The normalized spacial score (nSPS) is 22.2. The minimum atomic E-state index is -0.400. The number of nitrogens with zero attached hydrogens (tertiary/aromatic N) is 2. The van der Waals surface area contributed by atoms with Crippen molar-refractivity contribution in [3.8, 4) is 0 Å². The topological polar surface area (TPSA) is 66.6 Å². The van der Waals surface area contributed by atoms with Gasteiger partial charge in [0.15, 0.2) is 0 Å². The third kappa shape index (κ3) is 4.33. The minimum absolute atomic E-state index is 0. The number of hydrogen-bond donors (Lipinski definition) is 1. The lowest BCUT2D eigenvalue weighted by molar-refractivity contribution is -0.139. The predicted octanol–water partition coefficient (Wildman–Crippen LogP) is 1.39. The van der Waals surface area contributed by atoms with Gasteiger partial charge in [-0.1, -0.05) is 13.8 Å². The average Bonchev–Trinajstić information content (AvgIpc) is 2.46. The van der Waals surface area contributed by atoms with Crippen LogP contribution in [0.25, 0.3) is 0 Å². The Morgan fingerprint density at radius 1 is 1.19 bits per heavy atom. The van der Waals surface area contributed by atoms with Crippen LogP contribution in [0.4, 0.5) is 0 Å². The maximum absolute atomic E-state index is 12.2. The lowest BCUT2D eigenvalue weighted by Crippen LogP contribution is -2.53. The number of amides is 2. The van der Waals surface area contributed by atoms with Gasteiger partial charge in [0.05, 0.1) is 6.04 Å². The van der Waals surface area contributed by atoms with Gasteiger partial charge in [-0.25, -0.2) is 0 Å². The molecule has 2 aliphatic rings. The van der Waals surface area contributed by atoms with Crippen molar-refractivity contribution in [2.45, 2.75) is 58.0 Å². The standard InChI is InChI=1S/C15H27N3O2.ClH/c1-11(2)14(16)15(20)17-9-6-12(7-10-17)18-8-4-3-5-13(18)19;/h11-12,14H,3-10,16H2,1-2H3;1H/t14-;/m0./s1. The fourth-order valence-electron chi connectivity index (χ4n) is 3.11. The molecular weight excluding hydrogens is 290 g/mol. The highest BCUT2D eigenvalue weighted by molar-refractivity contribution is 5.85. The fourth-order valence-corrected chi connectivity index (χ4v) is 3.11. The molecule has 0 saturated carbocycles. The van der Waals surface area contributed by atoms with Crippen molar-refractivity contribution < 1.29 is 9.59 Å². The molecule has 6 heteroatoms. The average molecular weight is 318 g/mol. The van der Waals surface area contributed by atoms with Crippen LogP contribution in [0.5, 0.6) is 0 Å². The van der Waals surface area contributed by atoms with E-state index < -0.39 is 6.04 Å². The van der Waals surface area contributed by atoms with Crippen LogP contribution in [-0.4, -0.2) is 53.3 Å². The van der Waals surface area contributed by atoms with E-state index in [0.717, 1.165) is 45.3 Å². The molecule has 0 aromatic heterocycles. The van der Waals surface area contributed by atoms with Gasteiger partial charge < -0.3 is 15.5 Å². The number of nitrogens with two attached hydrogens (primary N) is 1. The highest BCUT2D eigenvalue weighted by atomic mass is 35.5. The van der Waals surface area contributed by atoms with Crippen LogP contribution in [0.2, 0.25) is 0 Å². The second kappa shape index (κ2) is 7.99. The zero-order valence-corrected chi connectivity index (χ0v) is 13.9. The molecule has 0 aromatic carbocycles. The summed E-state index contributed by atoms with van der Waals surface area (Å²) in [7, 11) is 0. The molecule has 0 bridgehead atoms. The van der Waals surface area contributed by atoms with Gasteiger partial charge in [0.2, 0.25) is 11.8 Å². The molecule has 2 heterocycles. The summed E-state index contributed by atoms with van der Waals surface area (Å²) in [4.78, 5) is 28.0. The van der Waals surface area contributed by atoms with E-state index in [4.69, 9.17) is 5.73 Å². The molecule has 2 rings (SSSR count). The molecule has 0 aromatic rings. The van der Waals surface area contributed by atoms with Crippen LogP contribution in [0.15, 0.2) is 0 Å². The molecule has 0 aliphatic carbocycles. The molecule has 2 saturated heterocycles. The van der Waals surface area contributed by atoms with Crippen molar-refractivity contribution >= 4 is 24.2 Å². The van der Waals surface area contributed by atoms with Crippen molar-refractivity contribution in [3.63, 3.8) is 0 Å².